The van der Waals surface area contributed by atoms with Gasteiger partial charge in [-0.1, -0.05) is 33.8 Å². The summed E-state index contributed by atoms with van der Waals surface area (Å²) < 4.78 is 11.8. The summed E-state index contributed by atoms with van der Waals surface area (Å²) in [5.74, 6) is -0.809. The maximum Gasteiger partial charge on any atom is 0.341 e. The molecule has 1 heterocycles. The predicted molar refractivity (Wildman–Crippen MR) is 85.8 cm³/mol. The summed E-state index contributed by atoms with van der Waals surface area (Å²) in [4.78, 5) is 12.5. The van der Waals surface area contributed by atoms with Crippen LogP contribution in [0.3, 0.4) is 0 Å². The molecule has 4 atom stereocenters. The van der Waals surface area contributed by atoms with E-state index in [2.05, 4.69) is 33.9 Å². The minimum Gasteiger partial charge on any atom is -0.463 e. The van der Waals surface area contributed by atoms with Crippen LogP contribution in [-0.4, -0.2) is 49.4 Å². The molecule has 2 rings (SSSR count). The molecule has 1 aliphatic carbocycles. The number of ether oxygens (including phenoxy) is 1. The predicted octanol–water partition coefficient (Wildman–Crippen LogP) is 1.85. The fourth-order valence-corrected chi connectivity index (χ4v) is 4.43. The van der Waals surface area contributed by atoms with Gasteiger partial charge in [0.05, 0.1) is 19.3 Å². The van der Waals surface area contributed by atoms with Crippen molar-refractivity contribution in [3.8, 4) is 0 Å². The summed E-state index contributed by atoms with van der Waals surface area (Å²) in [6.07, 6.45) is 2.38. The third-order valence-electron chi connectivity index (χ3n) is 5.79. The number of hydrogen-bond donors (Lipinski definition) is 2. The van der Waals surface area contributed by atoms with E-state index in [1.165, 1.54) is 0 Å². The first kappa shape index (κ1) is 17.7. The Kier molecular flexibility index (Phi) is 4.14. The van der Waals surface area contributed by atoms with Gasteiger partial charge in [0.25, 0.3) is 0 Å². The molecule has 2 N–H and O–H groups in total. The number of rotatable bonds is 3. The highest BCUT2D eigenvalue weighted by Gasteiger charge is 2.64. The standard InChI is InChI=1S/C16H28O5Si/c1-14(2,3)22(5,6)21-16-8-7-12(18)15(4,10-17)11(16)9-20-13(16)19/h7-8,11-12,17-18H,9-10H2,1-6H3/t11-,12-,15-,16-/m1/s1. The quantitative estimate of drug-likeness (QED) is 0.470. The van der Waals surface area contributed by atoms with Crippen molar-refractivity contribution >= 4 is 14.3 Å². The van der Waals surface area contributed by atoms with Crippen molar-refractivity contribution in [1.29, 1.82) is 0 Å². The number of aliphatic hydroxyl groups excluding tert-OH is 2. The van der Waals surface area contributed by atoms with E-state index < -0.39 is 37.3 Å². The number of carbonyl (C=O) groups is 1. The zero-order valence-electron chi connectivity index (χ0n) is 14.3. The van der Waals surface area contributed by atoms with E-state index in [0.717, 1.165) is 0 Å². The second-order valence-electron chi connectivity index (χ2n) is 8.27. The summed E-state index contributed by atoms with van der Waals surface area (Å²) in [6.45, 7) is 12.2. The Balaban J connectivity index is 2.50. The van der Waals surface area contributed by atoms with Crippen LogP contribution in [0, 0.1) is 11.3 Å². The first-order chi connectivity index (χ1) is 9.91. The van der Waals surface area contributed by atoms with Crippen molar-refractivity contribution in [2.24, 2.45) is 11.3 Å². The van der Waals surface area contributed by atoms with Crippen LogP contribution in [0.4, 0.5) is 0 Å². The van der Waals surface area contributed by atoms with Crippen molar-refractivity contribution in [2.45, 2.75) is 57.5 Å². The lowest BCUT2D eigenvalue weighted by molar-refractivity contribution is -0.152. The van der Waals surface area contributed by atoms with Crippen molar-refractivity contribution in [2.75, 3.05) is 13.2 Å². The minimum atomic E-state index is -2.24. The summed E-state index contributed by atoms with van der Waals surface area (Å²) in [6, 6.07) is 0. The third-order valence-corrected chi connectivity index (χ3v) is 10.2. The number of cyclic esters (lactones) is 1. The molecule has 1 aliphatic heterocycles. The third kappa shape index (κ3) is 2.36. The van der Waals surface area contributed by atoms with Crippen molar-refractivity contribution in [3.05, 3.63) is 12.2 Å². The van der Waals surface area contributed by atoms with Gasteiger partial charge in [-0.3, -0.25) is 0 Å². The van der Waals surface area contributed by atoms with E-state index in [1.807, 2.05) is 0 Å². The average molecular weight is 328 g/mol. The lowest BCUT2D eigenvalue weighted by Gasteiger charge is -2.50. The number of carbonyl (C=O) groups excluding carboxylic acids is 1. The Hall–Kier alpha value is -0.693. The molecule has 0 bridgehead atoms. The second-order valence-corrected chi connectivity index (χ2v) is 13.0. The smallest absolute Gasteiger partial charge is 0.341 e. The van der Waals surface area contributed by atoms with E-state index in [-0.39, 0.29) is 18.3 Å². The van der Waals surface area contributed by atoms with Gasteiger partial charge in [-0.05, 0) is 24.2 Å². The van der Waals surface area contributed by atoms with Gasteiger partial charge in [0.2, 0.25) is 0 Å². The van der Waals surface area contributed by atoms with Gasteiger partial charge in [0.1, 0.15) is 0 Å². The highest BCUT2D eigenvalue weighted by atomic mass is 28.4. The Morgan fingerprint density at radius 2 is 2.05 bits per heavy atom. The first-order valence-electron chi connectivity index (χ1n) is 7.76. The molecule has 0 aromatic rings. The monoisotopic (exact) mass is 328 g/mol. The van der Waals surface area contributed by atoms with Crippen LogP contribution in [0.1, 0.15) is 27.7 Å². The Labute approximate surface area is 133 Å². The second kappa shape index (κ2) is 5.16. The zero-order valence-corrected chi connectivity index (χ0v) is 15.3. The van der Waals surface area contributed by atoms with Gasteiger partial charge in [-0.25, -0.2) is 4.79 Å². The van der Waals surface area contributed by atoms with Gasteiger partial charge < -0.3 is 19.4 Å². The molecule has 0 saturated carbocycles. The largest absolute Gasteiger partial charge is 0.463 e. The minimum absolute atomic E-state index is 0.0608. The fourth-order valence-electron chi connectivity index (χ4n) is 2.99. The summed E-state index contributed by atoms with van der Waals surface area (Å²) >= 11 is 0. The number of fused-ring (bicyclic) bond motifs is 1. The molecule has 0 aromatic carbocycles. The molecule has 22 heavy (non-hydrogen) atoms. The molecule has 0 spiro atoms. The lowest BCUT2D eigenvalue weighted by atomic mass is 9.63. The molecule has 0 radical (unpaired) electrons. The zero-order chi connectivity index (χ0) is 17.0. The number of esters is 1. The van der Waals surface area contributed by atoms with Crippen LogP contribution < -0.4 is 0 Å². The topological polar surface area (TPSA) is 76.0 Å². The van der Waals surface area contributed by atoms with E-state index in [4.69, 9.17) is 9.16 Å². The molecular formula is C16H28O5Si. The van der Waals surface area contributed by atoms with Crippen LogP contribution in [0.5, 0.6) is 0 Å². The van der Waals surface area contributed by atoms with Crippen molar-refractivity contribution in [1.82, 2.24) is 0 Å². The van der Waals surface area contributed by atoms with Crippen LogP contribution in [0.15, 0.2) is 12.2 Å². The molecule has 0 aromatic heterocycles. The van der Waals surface area contributed by atoms with Gasteiger partial charge in [0, 0.05) is 11.3 Å². The molecule has 0 unspecified atom stereocenters. The first-order valence-corrected chi connectivity index (χ1v) is 10.7. The van der Waals surface area contributed by atoms with E-state index in [1.54, 1.807) is 19.1 Å². The number of hydrogen-bond acceptors (Lipinski definition) is 5. The lowest BCUT2D eigenvalue weighted by Crippen LogP contribution is -2.61. The van der Waals surface area contributed by atoms with Crippen molar-refractivity contribution in [3.63, 3.8) is 0 Å². The molecule has 6 heteroatoms. The molecule has 5 nitrogen and oxygen atoms in total. The van der Waals surface area contributed by atoms with Gasteiger partial charge >= 0.3 is 5.97 Å². The van der Waals surface area contributed by atoms with Crippen LogP contribution in [0.25, 0.3) is 0 Å². The maximum absolute atomic E-state index is 12.5. The summed E-state index contributed by atoms with van der Waals surface area (Å²) in [5.41, 5.74) is -2.05. The highest BCUT2D eigenvalue weighted by Crippen LogP contribution is 2.52. The molecule has 0 amide bonds. The van der Waals surface area contributed by atoms with Crippen LogP contribution in [-0.2, 0) is 14.0 Å². The SMILES string of the molecule is CC(C)(C)[Si](C)(C)O[C@]12C=C[C@@H](O)[C@](C)(CO)[C@H]1COC2=O. The Morgan fingerprint density at radius 3 is 2.55 bits per heavy atom. The van der Waals surface area contributed by atoms with Crippen LogP contribution in [0.2, 0.25) is 18.1 Å². The average Bonchev–Trinajstić information content (AvgIpc) is 2.71. The maximum atomic E-state index is 12.5. The summed E-state index contributed by atoms with van der Waals surface area (Å²) in [5, 5.41) is 20.0. The Bertz CT molecular complexity index is 495. The normalized spacial score (nSPS) is 38.8. The Morgan fingerprint density at radius 1 is 1.45 bits per heavy atom. The van der Waals surface area contributed by atoms with Gasteiger partial charge in [-0.15, -0.1) is 0 Å². The molecule has 1 saturated heterocycles. The number of aliphatic hydroxyl groups is 2. The van der Waals surface area contributed by atoms with E-state index in [0.29, 0.717) is 0 Å². The van der Waals surface area contributed by atoms with E-state index >= 15 is 0 Å². The van der Waals surface area contributed by atoms with Gasteiger partial charge in [0.15, 0.2) is 13.9 Å². The molecule has 2 aliphatic rings. The fraction of sp³-hybridized carbons (Fsp3) is 0.812. The van der Waals surface area contributed by atoms with Crippen LogP contribution >= 0.6 is 0 Å². The highest BCUT2D eigenvalue weighted by molar-refractivity contribution is 6.74. The van der Waals surface area contributed by atoms with Gasteiger partial charge in [-0.2, -0.15) is 0 Å². The van der Waals surface area contributed by atoms with E-state index in [9.17, 15) is 15.0 Å². The molecule has 126 valence electrons. The van der Waals surface area contributed by atoms with Crippen molar-refractivity contribution < 1.29 is 24.2 Å². The summed E-state index contributed by atoms with van der Waals surface area (Å²) in [7, 11) is -2.24. The molecular weight excluding hydrogens is 300 g/mol. The molecule has 1 fully saturated rings.